The van der Waals surface area contributed by atoms with E-state index in [0.717, 1.165) is 28.5 Å². The predicted molar refractivity (Wildman–Crippen MR) is 122 cm³/mol. The van der Waals surface area contributed by atoms with E-state index < -0.39 is 10.0 Å². The second-order valence-corrected chi connectivity index (χ2v) is 9.08. The Bertz CT molecular complexity index is 1150. The molecule has 0 aromatic heterocycles. The lowest BCUT2D eigenvalue weighted by atomic mass is 10.1. The van der Waals surface area contributed by atoms with Crippen LogP contribution in [-0.4, -0.2) is 20.6 Å². The first-order valence-electron chi connectivity index (χ1n) is 9.87. The molecule has 0 aliphatic heterocycles. The average molecular weight is 439 g/mol. The van der Waals surface area contributed by atoms with Gasteiger partial charge in [0.25, 0.3) is 5.91 Å². The number of aryl methyl sites for hydroxylation is 1. The van der Waals surface area contributed by atoms with Crippen LogP contribution in [0.2, 0.25) is 0 Å². The molecule has 162 valence electrons. The van der Waals surface area contributed by atoms with Gasteiger partial charge < -0.3 is 10.1 Å². The summed E-state index contributed by atoms with van der Waals surface area (Å²) in [4.78, 5) is 12.6. The Labute approximate surface area is 183 Å². The minimum Gasteiger partial charge on any atom is -0.372 e. The number of nitrogens with one attached hydrogen (secondary N) is 2. The zero-order valence-corrected chi connectivity index (χ0v) is 18.4. The highest BCUT2D eigenvalue weighted by atomic mass is 32.2. The van der Waals surface area contributed by atoms with Gasteiger partial charge in [-0.1, -0.05) is 60.7 Å². The van der Waals surface area contributed by atoms with E-state index in [-0.39, 0.29) is 5.91 Å². The molecular formula is C24H26N2O4S. The molecular weight excluding hydrogens is 412 g/mol. The fraction of sp³-hybridized carbons (Fsp3) is 0.208. The molecule has 6 nitrogen and oxygen atoms in total. The topological polar surface area (TPSA) is 84.5 Å². The molecule has 0 atom stereocenters. The van der Waals surface area contributed by atoms with Gasteiger partial charge in [0.2, 0.25) is 10.0 Å². The Morgan fingerprint density at radius 3 is 2.29 bits per heavy atom. The summed E-state index contributed by atoms with van der Waals surface area (Å²) in [5.74, 6) is -0.281. The fourth-order valence-electron chi connectivity index (χ4n) is 3.07. The van der Waals surface area contributed by atoms with Crippen LogP contribution < -0.4 is 10.0 Å². The van der Waals surface area contributed by atoms with Crippen LogP contribution in [0.4, 0.5) is 5.69 Å². The normalized spacial score (nSPS) is 11.2. The number of amides is 1. The van der Waals surface area contributed by atoms with Crippen molar-refractivity contribution >= 4 is 21.6 Å². The smallest absolute Gasteiger partial charge is 0.251 e. The van der Waals surface area contributed by atoms with Crippen LogP contribution in [0.25, 0.3) is 0 Å². The lowest BCUT2D eigenvalue weighted by Gasteiger charge is -2.13. The molecule has 0 fully saturated rings. The highest BCUT2D eigenvalue weighted by Gasteiger charge is 2.11. The molecule has 31 heavy (non-hydrogen) atoms. The number of hydrogen-bond donors (Lipinski definition) is 2. The van der Waals surface area contributed by atoms with Gasteiger partial charge in [0.05, 0.1) is 25.2 Å². The molecule has 0 bridgehead atoms. The third kappa shape index (κ3) is 6.94. The first-order chi connectivity index (χ1) is 14.8. The SMILES string of the molecule is Cc1ccc(C(=O)NCc2ccccc2COCc2ccccc2)cc1NS(C)(=O)=O. The summed E-state index contributed by atoms with van der Waals surface area (Å²) in [5, 5.41) is 2.90. The quantitative estimate of drug-likeness (QED) is 0.529. The van der Waals surface area contributed by atoms with Crippen LogP contribution in [0, 0.1) is 6.92 Å². The van der Waals surface area contributed by atoms with E-state index in [4.69, 9.17) is 4.74 Å². The Hall–Kier alpha value is -3.16. The monoisotopic (exact) mass is 438 g/mol. The summed E-state index contributed by atoms with van der Waals surface area (Å²) in [7, 11) is -3.43. The third-order valence-corrected chi connectivity index (χ3v) is 5.31. The van der Waals surface area contributed by atoms with Crippen LogP contribution in [0.15, 0.2) is 72.8 Å². The summed E-state index contributed by atoms with van der Waals surface area (Å²) >= 11 is 0. The van der Waals surface area contributed by atoms with Crippen molar-refractivity contribution in [3.63, 3.8) is 0 Å². The number of carbonyl (C=O) groups excluding carboxylic acids is 1. The van der Waals surface area contributed by atoms with E-state index in [1.54, 1.807) is 25.1 Å². The molecule has 7 heteroatoms. The predicted octanol–water partition coefficient (Wildman–Crippen LogP) is 4.01. The fourth-order valence-corrected chi connectivity index (χ4v) is 3.69. The Morgan fingerprint density at radius 2 is 1.58 bits per heavy atom. The number of rotatable bonds is 9. The van der Waals surface area contributed by atoms with Crippen LogP contribution in [0.3, 0.4) is 0 Å². The second-order valence-electron chi connectivity index (χ2n) is 7.33. The molecule has 0 unspecified atom stereocenters. The third-order valence-electron chi connectivity index (χ3n) is 4.72. The standard InChI is InChI=1S/C24H26N2O4S/c1-18-12-13-20(14-23(18)26-31(2,28)29)24(27)25-15-21-10-6-7-11-22(21)17-30-16-19-8-4-3-5-9-19/h3-14,26H,15-17H2,1-2H3,(H,25,27). The lowest BCUT2D eigenvalue weighted by Crippen LogP contribution is -2.24. The second kappa shape index (κ2) is 10.2. The maximum absolute atomic E-state index is 12.6. The number of benzene rings is 3. The summed E-state index contributed by atoms with van der Waals surface area (Å²) in [6, 6.07) is 22.7. The highest BCUT2D eigenvalue weighted by molar-refractivity contribution is 7.92. The number of anilines is 1. The minimum absolute atomic E-state index is 0.281. The molecule has 3 aromatic carbocycles. The van der Waals surface area contributed by atoms with Gasteiger partial charge in [0.15, 0.2) is 0 Å². The van der Waals surface area contributed by atoms with Crippen molar-refractivity contribution in [2.75, 3.05) is 11.0 Å². The number of ether oxygens (including phenoxy) is 1. The van der Waals surface area contributed by atoms with Gasteiger partial charge >= 0.3 is 0 Å². The molecule has 3 aromatic rings. The van der Waals surface area contributed by atoms with Crippen molar-refractivity contribution in [1.29, 1.82) is 0 Å². The molecule has 0 radical (unpaired) electrons. The highest BCUT2D eigenvalue weighted by Crippen LogP contribution is 2.18. The van der Waals surface area contributed by atoms with Crippen LogP contribution >= 0.6 is 0 Å². The maximum Gasteiger partial charge on any atom is 0.251 e. The molecule has 3 rings (SSSR count). The van der Waals surface area contributed by atoms with E-state index in [1.165, 1.54) is 0 Å². The van der Waals surface area contributed by atoms with Gasteiger partial charge in [-0.15, -0.1) is 0 Å². The zero-order valence-electron chi connectivity index (χ0n) is 17.6. The van der Waals surface area contributed by atoms with Gasteiger partial charge in [-0.3, -0.25) is 9.52 Å². The van der Waals surface area contributed by atoms with Gasteiger partial charge in [0, 0.05) is 12.1 Å². The minimum atomic E-state index is -3.43. The van der Waals surface area contributed by atoms with Crippen molar-refractivity contribution in [3.05, 3.63) is 101 Å². The number of hydrogen-bond acceptors (Lipinski definition) is 4. The summed E-state index contributed by atoms with van der Waals surface area (Å²) in [5.41, 5.74) is 4.58. The van der Waals surface area contributed by atoms with Crippen LogP contribution in [0.1, 0.15) is 32.6 Å². The summed E-state index contributed by atoms with van der Waals surface area (Å²) < 4.78 is 31.3. The van der Waals surface area contributed by atoms with E-state index in [9.17, 15) is 13.2 Å². The summed E-state index contributed by atoms with van der Waals surface area (Å²) in [6.07, 6.45) is 1.08. The number of sulfonamides is 1. The molecule has 0 spiro atoms. The van der Waals surface area contributed by atoms with Crippen LogP contribution in [0.5, 0.6) is 0 Å². The first-order valence-corrected chi connectivity index (χ1v) is 11.8. The Balaban J connectivity index is 1.62. The van der Waals surface area contributed by atoms with E-state index in [0.29, 0.717) is 31.0 Å². The molecule has 2 N–H and O–H groups in total. The van der Waals surface area contributed by atoms with Crippen molar-refractivity contribution in [1.82, 2.24) is 5.32 Å². The Kier molecular flexibility index (Phi) is 7.44. The van der Waals surface area contributed by atoms with Crippen LogP contribution in [-0.2, 0) is 34.5 Å². The largest absolute Gasteiger partial charge is 0.372 e. The van der Waals surface area contributed by atoms with Gasteiger partial charge in [-0.05, 0) is 41.3 Å². The van der Waals surface area contributed by atoms with Crippen molar-refractivity contribution < 1.29 is 17.9 Å². The molecule has 0 saturated heterocycles. The zero-order chi connectivity index (χ0) is 22.3. The van der Waals surface area contributed by atoms with Gasteiger partial charge in [-0.2, -0.15) is 0 Å². The van der Waals surface area contributed by atoms with Crippen molar-refractivity contribution in [3.8, 4) is 0 Å². The van der Waals surface area contributed by atoms with E-state index >= 15 is 0 Å². The molecule has 0 saturated carbocycles. The summed E-state index contributed by atoms with van der Waals surface area (Å²) in [6.45, 7) is 3.07. The molecule has 0 aliphatic carbocycles. The van der Waals surface area contributed by atoms with Gasteiger partial charge in [0.1, 0.15) is 0 Å². The molecule has 0 heterocycles. The van der Waals surface area contributed by atoms with Crippen molar-refractivity contribution in [2.24, 2.45) is 0 Å². The average Bonchev–Trinajstić information content (AvgIpc) is 2.74. The van der Waals surface area contributed by atoms with Crippen molar-refractivity contribution in [2.45, 2.75) is 26.7 Å². The maximum atomic E-state index is 12.6. The molecule has 1 amide bonds. The first kappa shape index (κ1) is 22.5. The lowest BCUT2D eigenvalue weighted by molar-refractivity contribution is 0.0947. The Morgan fingerprint density at radius 1 is 0.903 bits per heavy atom. The molecule has 0 aliphatic rings. The van der Waals surface area contributed by atoms with E-state index in [1.807, 2.05) is 54.6 Å². The van der Waals surface area contributed by atoms with E-state index in [2.05, 4.69) is 10.0 Å². The van der Waals surface area contributed by atoms with Gasteiger partial charge in [-0.25, -0.2) is 8.42 Å². The number of carbonyl (C=O) groups is 1.